The zero-order valence-electron chi connectivity index (χ0n) is 17.9. The van der Waals surface area contributed by atoms with Gasteiger partial charge in [-0.25, -0.2) is 14.2 Å². The highest BCUT2D eigenvalue weighted by Gasteiger charge is 2.34. The van der Waals surface area contributed by atoms with E-state index in [9.17, 15) is 14.0 Å². The lowest BCUT2D eigenvalue weighted by molar-refractivity contribution is -0.140. The molecule has 1 aliphatic heterocycles. The first kappa shape index (κ1) is 23.1. The molecule has 1 atom stereocenters. The average Bonchev–Trinajstić information content (AvgIpc) is 3.09. The molecule has 0 amide bonds. The van der Waals surface area contributed by atoms with Crippen LogP contribution < -0.4 is 14.9 Å². The summed E-state index contributed by atoms with van der Waals surface area (Å²) >= 11 is 7.68. The van der Waals surface area contributed by atoms with Gasteiger partial charge in [0.2, 0.25) is 0 Å². The van der Waals surface area contributed by atoms with E-state index >= 15 is 0 Å². The molecule has 0 radical (unpaired) electrons. The van der Waals surface area contributed by atoms with Gasteiger partial charge in [-0.05, 0) is 42.3 Å². The number of ether oxygens (including phenoxy) is 2. The molecule has 0 spiro atoms. The molecule has 0 N–H and O–H groups in total. The topological polar surface area (TPSA) is 69.9 Å². The van der Waals surface area contributed by atoms with Crippen molar-refractivity contribution in [3.05, 3.63) is 101 Å². The number of carbonyl (C=O) groups is 1. The Kier molecular flexibility index (Phi) is 6.88. The van der Waals surface area contributed by atoms with Crippen molar-refractivity contribution in [1.82, 2.24) is 4.57 Å². The molecular formula is C24H20ClFN2O4S. The Hall–Kier alpha value is -3.07. The molecule has 0 saturated heterocycles. The molecule has 2 aromatic carbocycles. The Bertz CT molecular complexity index is 1410. The number of allylic oxidation sites excluding steroid dienone is 1. The number of benzene rings is 2. The number of esters is 1. The number of nitrogens with zero attached hydrogens (tertiary/aromatic N) is 2. The van der Waals surface area contributed by atoms with Crippen LogP contribution in [0.15, 0.2) is 69.6 Å². The van der Waals surface area contributed by atoms with Gasteiger partial charge in [0, 0.05) is 12.1 Å². The molecule has 9 heteroatoms. The molecule has 0 fully saturated rings. The van der Waals surface area contributed by atoms with E-state index in [0.717, 1.165) is 0 Å². The lowest BCUT2D eigenvalue weighted by Gasteiger charge is -2.25. The summed E-state index contributed by atoms with van der Waals surface area (Å²) in [5, 5.41) is 0.410. The van der Waals surface area contributed by atoms with Crippen molar-refractivity contribution in [1.29, 1.82) is 0 Å². The molecule has 2 heterocycles. The number of thiazole rings is 1. The van der Waals surface area contributed by atoms with E-state index in [1.165, 1.54) is 35.1 Å². The zero-order chi connectivity index (χ0) is 23.5. The fourth-order valence-electron chi connectivity index (χ4n) is 3.58. The quantitative estimate of drug-likeness (QED) is 0.396. The van der Waals surface area contributed by atoms with E-state index in [0.29, 0.717) is 31.2 Å². The van der Waals surface area contributed by atoms with Gasteiger partial charge >= 0.3 is 5.97 Å². The maximum atomic E-state index is 13.5. The normalized spacial score (nSPS) is 15.9. The number of aromatic nitrogens is 1. The minimum Gasteiger partial charge on any atom is -0.460 e. The van der Waals surface area contributed by atoms with Crippen molar-refractivity contribution in [3.8, 4) is 0 Å². The van der Waals surface area contributed by atoms with Gasteiger partial charge in [-0.3, -0.25) is 9.36 Å². The maximum absolute atomic E-state index is 13.5. The maximum Gasteiger partial charge on any atom is 0.338 e. The van der Waals surface area contributed by atoms with Gasteiger partial charge in [-0.15, -0.1) is 0 Å². The summed E-state index contributed by atoms with van der Waals surface area (Å²) in [5.41, 5.74) is 1.60. The predicted octanol–water partition coefficient (Wildman–Crippen LogP) is 3.22. The number of rotatable bonds is 6. The summed E-state index contributed by atoms with van der Waals surface area (Å²) in [6.07, 6.45) is 1.67. The first-order chi connectivity index (χ1) is 15.9. The third kappa shape index (κ3) is 4.68. The van der Waals surface area contributed by atoms with Gasteiger partial charge in [0.25, 0.3) is 5.56 Å². The van der Waals surface area contributed by atoms with Crippen LogP contribution in [0, 0.1) is 5.82 Å². The molecule has 6 nitrogen and oxygen atoms in total. The Morgan fingerprint density at radius 2 is 1.94 bits per heavy atom. The summed E-state index contributed by atoms with van der Waals surface area (Å²) in [4.78, 5) is 31.5. The summed E-state index contributed by atoms with van der Waals surface area (Å²) in [7, 11) is 1.51. The van der Waals surface area contributed by atoms with E-state index in [2.05, 4.69) is 4.99 Å². The smallest absolute Gasteiger partial charge is 0.338 e. The molecule has 1 aromatic heterocycles. The highest BCUT2D eigenvalue weighted by molar-refractivity contribution is 7.07. The van der Waals surface area contributed by atoms with Gasteiger partial charge < -0.3 is 9.47 Å². The van der Waals surface area contributed by atoms with Gasteiger partial charge in [0.1, 0.15) is 18.5 Å². The first-order valence-corrected chi connectivity index (χ1v) is 11.3. The second-order valence-electron chi connectivity index (χ2n) is 7.28. The fourth-order valence-corrected chi connectivity index (χ4v) is 4.87. The number of fused-ring (bicyclic) bond motifs is 1. The molecule has 0 saturated carbocycles. The van der Waals surface area contributed by atoms with Crippen LogP contribution in [0.2, 0.25) is 5.02 Å². The molecule has 0 aliphatic carbocycles. The average molecular weight is 487 g/mol. The Labute approximate surface area is 197 Å². The second kappa shape index (κ2) is 9.82. The summed E-state index contributed by atoms with van der Waals surface area (Å²) in [6.45, 7) is 2.01. The molecule has 3 aromatic rings. The monoisotopic (exact) mass is 486 g/mol. The van der Waals surface area contributed by atoms with Crippen LogP contribution in [0.1, 0.15) is 24.1 Å². The van der Waals surface area contributed by atoms with Crippen molar-refractivity contribution < 1.29 is 18.7 Å². The molecule has 170 valence electrons. The van der Waals surface area contributed by atoms with E-state index in [1.807, 2.05) is 0 Å². The van der Waals surface area contributed by atoms with Crippen LogP contribution in [-0.4, -0.2) is 30.9 Å². The first-order valence-electron chi connectivity index (χ1n) is 10.1. The van der Waals surface area contributed by atoms with E-state index < -0.39 is 12.0 Å². The lowest BCUT2D eigenvalue weighted by atomic mass is 9.96. The zero-order valence-corrected chi connectivity index (χ0v) is 19.5. The van der Waals surface area contributed by atoms with Crippen molar-refractivity contribution in [2.24, 2.45) is 4.99 Å². The number of hydrogen-bond acceptors (Lipinski definition) is 6. The van der Waals surface area contributed by atoms with Crippen molar-refractivity contribution in [3.63, 3.8) is 0 Å². The predicted molar refractivity (Wildman–Crippen MR) is 124 cm³/mol. The van der Waals surface area contributed by atoms with E-state index in [-0.39, 0.29) is 30.2 Å². The molecule has 1 aliphatic rings. The van der Waals surface area contributed by atoms with Crippen molar-refractivity contribution in [2.45, 2.75) is 13.0 Å². The minimum absolute atomic E-state index is 0.0658. The lowest BCUT2D eigenvalue weighted by Crippen LogP contribution is -2.40. The van der Waals surface area contributed by atoms with Crippen molar-refractivity contribution >= 4 is 35.0 Å². The van der Waals surface area contributed by atoms with Crippen LogP contribution in [-0.2, 0) is 14.3 Å². The van der Waals surface area contributed by atoms with E-state index in [4.69, 9.17) is 21.1 Å². The second-order valence-corrected chi connectivity index (χ2v) is 8.70. The van der Waals surface area contributed by atoms with Gasteiger partial charge in [-0.1, -0.05) is 53.3 Å². The summed E-state index contributed by atoms with van der Waals surface area (Å²) in [5.74, 6) is -0.953. The standard InChI is InChI=1S/C24H20ClFN2O4S/c1-14-20(23(30)32-12-11-31-2)21(17-5-3-4-6-18(17)25)28-22(29)19(33-24(28)27-14)13-15-7-9-16(26)10-8-15/h3-10,13,21H,11-12H2,1-2H3/t21-/m0/s1. The van der Waals surface area contributed by atoms with Crippen LogP contribution in [0.5, 0.6) is 0 Å². The Morgan fingerprint density at radius 1 is 1.21 bits per heavy atom. The van der Waals surface area contributed by atoms with Crippen LogP contribution in [0.3, 0.4) is 0 Å². The minimum atomic E-state index is -0.805. The van der Waals surface area contributed by atoms with Crippen LogP contribution >= 0.6 is 22.9 Å². The third-order valence-corrected chi connectivity index (χ3v) is 6.46. The van der Waals surface area contributed by atoms with Gasteiger partial charge in [0.05, 0.1) is 22.4 Å². The van der Waals surface area contributed by atoms with E-state index in [1.54, 1.807) is 49.4 Å². The number of hydrogen-bond donors (Lipinski definition) is 0. The third-order valence-electron chi connectivity index (χ3n) is 5.13. The molecular weight excluding hydrogens is 467 g/mol. The van der Waals surface area contributed by atoms with Crippen LogP contribution in [0.4, 0.5) is 4.39 Å². The fraction of sp³-hybridized carbons (Fsp3) is 0.208. The molecule has 0 unspecified atom stereocenters. The largest absolute Gasteiger partial charge is 0.460 e. The van der Waals surface area contributed by atoms with Crippen molar-refractivity contribution in [2.75, 3.05) is 20.3 Å². The molecule has 0 bridgehead atoms. The summed E-state index contributed by atoms with van der Waals surface area (Å²) in [6, 6.07) is 12.1. The number of halogens is 2. The van der Waals surface area contributed by atoms with Gasteiger partial charge in [-0.2, -0.15) is 0 Å². The van der Waals surface area contributed by atoms with Gasteiger partial charge in [0.15, 0.2) is 4.80 Å². The van der Waals surface area contributed by atoms with Crippen LogP contribution in [0.25, 0.3) is 6.08 Å². The number of carbonyl (C=O) groups excluding carboxylic acids is 1. The Balaban J connectivity index is 1.90. The highest BCUT2D eigenvalue weighted by atomic mass is 35.5. The SMILES string of the molecule is COCCOC(=O)C1=C(C)N=c2sc(=Cc3ccc(F)cc3)c(=O)n2[C@H]1c1ccccc1Cl. The highest BCUT2D eigenvalue weighted by Crippen LogP contribution is 2.34. The molecule has 4 rings (SSSR count). The molecule has 33 heavy (non-hydrogen) atoms. The Morgan fingerprint density at radius 3 is 2.64 bits per heavy atom. The number of methoxy groups -OCH3 is 1. The summed E-state index contributed by atoms with van der Waals surface area (Å²) < 4.78 is 25.5.